The zero-order chi connectivity index (χ0) is 22.0. The molecule has 3 aromatic rings. The molecule has 1 aliphatic heterocycles. The predicted molar refractivity (Wildman–Crippen MR) is 126 cm³/mol. The number of hydrogen-bond donors (Lipinski definition) is 1. The number of benzene rings is 2. The standard InChI is InChI=1S/C25H30ClN3O2/c1-17(2)28-11-9-21(10-12-28)27-25(30)24-15-19-14-20(26)7-8-23(19)29(24)16-18-5-4-6-22(13-18)31-3/h4-8,13-15,17,21H,9-12,16H2,1-3H3,(H,27,30). The van der Waals surface area contributed by atoms with Crippen LogP contribution in [0.4, 0.5) is 0 Å². The Bertz CT molecular complexity index is 1070. The highest BCUT2D eigenvalue weighted by Crippen LogP contribution is 2.26. The van der Waals surface area contributed by atoms with Crippen LogP contribution in [0.15, 0.2) is 48.5 Å². The third-order valence-electron chi connectivity index (χ3n) is 6.17. The average molecular weight is 440 g/mol. The molecular weight excluding hydrogens is 410 g/mol. The van der Waals surface area contributed by atoms with E-state index >= 15 is 0 Å². The van der Waals surface area contributed by atoms with E-state index in [1.807, 2.05) is 48.5 Å². The largest absolute Gasteiger partial charge is 0.497 e. The number of likely N-dealkylation sites (tertiary alicyclic amines) is 1. The minimum atomic E-state index is -0.0294. The molecule has 31 heavy (non-hydrogen) atoms. The quantitative estimate of drug-likeness (QED) is 0.590. The molecule has 0 aliphatic carbocycles. The van der Waals surface area contributed by atoms with Crippen molar-refractivity contribution in [2.75, 3.05) is 20.2 Å². The summed E-state index contributed by atoms with van der Waals surface area (Å²) in [5, 5.41) is 4.91. The van der Waals surface area contributed by atoms with E-state index in [0.717, 1.165) is 48.1 Å². The third kappa shape index (κ3) is 4.89. The number of carbonyl (C=O) groups excluding carboxylic acids is 1. The molecule has 1 N–H and O–H groups in total. The van der Waals surface area contributed by atoms with Crippen LogP contribution in [0.1, 0.15) is 42.7 Å². The van der Waals surface area contributed by atoms with Crippen molar-refractivity contribution in [1.29, 1.82) is 0 Å². The minimum Gasteiger partial charge on any atom is -0.497 e. The maximum atomic E-state index is 13.3. The lowest BCUT2D eigenvalue weighted by atomic mass is 10.0. The Labute approximate surface area is 188 Å². The van der Waals surface area contributed by atoms with Gasteiger partial charge in [0.15, 0.2) is 0 Å². The Morgan fingerprint density at radius 3 is 2.65 bits per heavy atom. The number of fused-ring (bicyclic) bond motifs is 1. The van der Waals surface area contributed by atoms with Crippen molar-refractivity contribution in [2.24, 2.45) is 0 Å². The molecule has 2 aromatic carbocycles. The van der Waals surface area contributed by atoms with Crippen molar-refractivity contribution in [2.45, 2.75) is 45.3 Å². The third-order valence-corrected chi connectivity index (χ3v) is 6.40. The van der Waals surface area contributed by atoms with Crippen LogP contribution in [0, 0.1) is 0 Å². The summed E-state index contributed by atoms with van der Waals surface area (Å²) in [6, 6.07) is 16.4. The number of aromatic nitrogens is 1. The molecule has 1 saturated heterocycles. The van der Waals surface area contributed by atoms with E-state index in [0.29, 0.717) is 23.3 Å². The molecule has 6 heteroatoms. The Balaban J connectivity index is 1.60. The molecule has 1 amide bonds. The van der Waals surface area contributed by atoms with E-state index in [4.69, 9.17) is 16.3 Å². The molecular formula is C25H30ClN3O2. The number of rotatable bonds is 6. The SMILES string of the molecule is COc1cccc(Cn2c(C(=O)NC3CCN(C(C)C)CC3)cc3cc(Cl)ccc32)c1. The first-order valence-electron chi connectivity index (χ1n) is 10.9. The number of halogens is 1. The average Bonchev–Trinajstić information content (AvgIpc) is 3.11. The first-order valence-corrected chi connectivity index (χ1v) is 11.3. The Morgan fingerprint density at radius 1 is 1.16 bits per heavy atom. The molecule has 1 aliphatic rings. The Morgan fingerprint density at radius 2 is 1.94 bits per heavy atom. The number of ether oxygens (including phenoxy) is 1. The van der Waals surface area contributed by atoms with Gasteiger partial charge in [0.25, 0.3) is 5.91 Å². The number of nitrogens with zero attached hydrogens (tertiary/aromatic N) is 2. The van der Waals surface area contributed by atoms with Crippen LogP contribution in [0.2, 0.25) is 5.02 Å². The highest BCUT2D eigenvalue weighted by molar-refractivity contribution is 6.31. The monoisotopic (exact) mass is 439 g/mol. The van der Waals surface area contributed by atoms with Gasteiger partial charge < -0.3 is 19.5 Å². The molecule has 4 rings (SSSR count). The summed E-state index contributed by atoms with van der Waals surface area (Å²) in [4.78, 5) is 15.8. The predicted octanol–water partition coefficient (Wildman–Crippen LogP) is 4.95. The molecule has 1 aromatic heterocycles. The number of nitrogens with one attached hydrogen (secondary N) is 1. The van der Waals surface area contributed by atoms with Crippen LogP contribution in [0.3, 0.4) is 0 Å². The molecule has 0 bridgehead atoms. The van der Waals surface area contributed by atoms with E-state index in [-0.39, 0.29) is 11.9 Å². The number of hydrogen-bond acceptors (Lipinski definition) is 3. The Kier molecular flexibility index (Phi) is 6.54. The molecule has 2 heterocycles. The summed E-state index contributed by atoms with van der Waals surface area (Å²) in [7, 11) is 1.66. The molecule has 0 saturated carbocycles. The van der Waals surface area contributed by atoms with Crippen molar-refractivity contribution >= 4 is 28.4 Å². The molecule has 0 atom stereocenters. The maximum absolute atomic E-state index is 13.3. The van der Waals surface area contributed by atoms with Gasteiger partial charge in [0.1, 0.15) is 11.4 Å². The molecule has 0 unspecified atom stereocenters. The summed E-state index contributed by atoms with van der Waals surface area (Å²) in [6.45, 7) is 7.06. The number of amides is 1. The fourth-order valence-corrected chi connectivity index (χ4v) is 4.55. The van der Waals surface area contributed by atoms with Crippen LogP contribution < -0.4 is 10.1 Å². The zero-order valence-electron chi connectivity index (χ0n) is 18.4. The van der Waals surface area contributed by atoms with Crippen LogP contribution in [0.25, 0.3) is 10.9 Å². The molecule has 5 nitrogen and oxygen atoms in total. The van der Waals surface area contributed by atoms with E-state index < -0.39 is 0 Å². The Hall–Kier alpha value is -2.50. The summed E-state index contributed by atoms with van der Waals surface area (Å²) >= 11 is 6.22. The van der Waals surface area contributed by atoms with E-state index in [1.54, 1.807) is 7.11 Å². The van der Waals surface area contributed by atoms with Crippen molar-refractivity contribution in [3.05, 3.63) is 64.8 Å². The van der Waals surface area contributed by atoms with Crippen molar-refractivity contribution in [3.8, 4) is 5.75 Å². The van der Waals surface area contributed by atoms with Crippen molar-refractivity contribution < 1.29 is 9.53 Å². The lowest BCUT2D eigenvalue weighted by molar-refractivity contribution is 0.0892. The highest BCUT2D eigenvalue weighted by Gasteiger charge is 2.24. The molecule has 0 radical (unpaired) electrons. The normalized spacial score (nSPS) is 15.5. The van der Waals surface area contributed by atoms with Crippen LogP contribution in [0.5, 0.6) is 5.75 Å². The maximum Gasteiger partial charge on any atom is 0.268 e. The van der Waals surface area contributed by atoms with Gasteiger partial charge in [-0.2, -0.15) is 0 Å². The van der Waals surface area contributed by atoms with Crippen molar-refractivity contribution in [1.82, 2.24) is 14.8 Å². The van der Waals surface area contributed by atoms with Gasteiger partial charge >= 0.3 is 0 Å². The molecule has 0 spiro atoms. The fourth-order valence-electron chi connectivity index (χ4n) is 4.37. The molecule has 164 valence electrons. The first-order chi connectivity index (χ1) is 14.9. The van der Waals surface area contributed by atoms with Gasteiger partial charge in [-0.1, -0.05) is 23.7 Å². The highest BCUT2D eigenvalue weighted by atomic mass is 35.5. The first kappa shape index (κ1) is 21.7. The van der Waals surface area contributed by atoms with Gasteiger partial charge in [0.2, 0.25) is 0 Å². The van der Waals surface area contributed by atoms with Gasteiger partial charge in [-0.25, -0.2) is 0 Å². The fraction of sp³-hybridized carbons (Fsp3) is 0.400. The lowest BCUT2D eigenvalue weighted by Gasteiger charge is -2.34. The van der Waals surface area contributed by atoms with Gasteiger partial charge in [0.05, 0.1) is 7.11 Å². The number of methoxy groups -OCH3 is 1. The summed E-state index contributed by atoms with van der Waals surface area (Å²) in [6.07, 6.45) is 1.96. The number of piperidine rings is 1. The van der Waals surface area contributed by atoms with E-state index in [2.05, 4.69) is 28.6 Å². The topological polar surface area (TPSA) is 46.5 Å². The van der Waals surface area contributed by atoms with Crippen LogP contribution in [-0.4, -0.2) is 47.7 Å². The minimum absolute atomic E-state index is 0.0294. The lowest BCUT2D eigenvalue weighted by Crippen LogP contribution is -2.46. The number of carbonyl (C=O) groups is 1. The van der Waals surface area contributed by atoms with Gasteiger partial charge in [0, 0.05) is 47.6 Å². The van der Waals surface area contributed by atoms with E-state index in [1.165, 1.54) is 0 Å². The van der Waals surface area contributed by atoms with Gasteiger partial charge in [-0.05, 0) is 68.7 Å². The van der Waals surface area contributed by atoms with Crippen LogP contribution in [-0.2, 0) is 6.54 Å². The smallest absolute Gasteiger partial charge is 0.268 e. The second-order valence-corrected chi connectivity index (χ2v) is 8.98. The zero-order valence-corrected chi connectivity index (χ0v) is 19.2. The van der Waals surface area contributed by atoms with E-state index in [9.17, 15) is 4.79 Å². The second kappa shape index (κ2) is 9.33. The molecule has 1 fully saturated rings. The second-order valence-electron chi connectivity index (χ2n) is 8.55. The van der Waals surface area contributed by atoms with Gasteiger partial charge in [-0.3, -0.25) is 4.79 Å². The van der Waals surface area contributed by atoms with Gasteiger partial charge in [-0.15, -0.1) is 0 Å². The van der Waals surface area contributed by atoms with Crippen molar-refractivity contribution in [3.63, 3.8) is 0 Å². The van der Waals surface area contributed by atoms with Crippen LogP contribution >= 0.6 is 11.6 Å². The summed E-state index contributed by atoms with van der Waals surface area (Å²) in [5.41, 5.74) is 2.73. The summed E-state index contributed by atoms with van der Waals surface area (Å²) in [5.74, 6) is 0.776. The summed E-state index contributed by atoms with van der Waals surface area (Å²) < 4.78 is 7.44.